The zero-order valence-corrected chi connectivity index (χ0v) is 14.6. The average molecular weight is 345 g/mol. The van der Waals surface area contributed by atoms with Crippen LogP contribution in [0.2, 0.25) is 0 Å². The molecule has 0 radical (unpaired) electrons. The maximum absolute atomic E-state index is 12.2. The molecule has 0 aliphatic heterocycles. The van der Waals surface area contributed by atoms with Gasteiger partial charge in [0.15, 0.2) is 5.11 Å². The smallest absolute Gasteiger partial charge is 0.279 e. The van der Waals surface area contributed by atoms with E-state index in [1.807, 2.05) is 24.3 Å². The third kappa shape index (κ3) is 3.89. The summed E-state index contributed by atoms with van der Waals surface area (Å²) in [6.45, 7) is 2.11. The summed E-state index contributed by atoms with van der Waals surface area (Å²) < 4.78 is 0. The van der Waals surface area contributed by atoms with Crippen molar-refractivity contribution >= 4 is 40.3 Å². The first-order valence-corrected chi connectivity index (χ1v) is 8.96. The largest absolute Gasteiger partial charge is 0.331 e. The number of carbonyl (C=O) groups excluding carboxylic acids is 1. The fourth-order valence-electron chi connectivity index (χ4n) is 2.65. The molecule has 1 aliphatic rings. The van der Waals surface area contributed by atoms with Crippen LogP contribution < -0.4 is 16.2 Å². The number of hydrazine groups is 1. The normalized spacial score (nSPS) is 12.6. The summed E-state index contributed by atoms with van der Waals surface area (Å²) in [4.78, 5) is 14.2. The Morgan fingerprint density at radius 3 is 2.91 bits per heavy atom. The van der Waals surface area contributed by atoms with E-state index in [0.29, 0.717) is 5.11 Å². The molecule has 0 unspecified atom stereocenters. The molecular formula is C17H19N3OS2. The van der Waals surface area contributed by atoms with Crippen LogP contribution in [0, 0.1) is 0 Å². The molecule has 0 saturated carbocycles. The van der Waals surface area contributed by atoms with Crippen molar-refractivity contribution in [2.75, 3.05) is 5.32 Å². The first-order valence-electron chi connectivity index (χ1n) is 7.73. The quantitative estimate of drug-likeness (QED) is 0.589. The highest BCUT2D eigenvalue weighted by Gasteiger charge is 2.18. The Balaban J connectivity index is 1.52. The van der Waals surface area contributed by atoms with E-state index < -0.39 is 0 Å². The van der Waals surface area contributed by atoms with Gasteiger partial charge >= 0.3 is 0 Å². The number of hydrogen-bond donors (Lipinski definition) is 3. The molecule has 4 nitrogen and oxygen atoms in total. The van der Waals surface area contributed by atoms with Gasteiger partial charge in [-0.3, -0.25) is 15.6 Å². The minimum absolute atomic E-state index is 0.143. The highest BCUT2D eigenvalue weighted by molar-refractivity contribution is 7.80. The van der Waals surface area contributed by atoms with Crippen molar-refractivity contribution in [1.29, 1.82) is 0 Å². The van der Waals surface area contributed by atoms with Gasteiger partial charge in [-0.25, -0.2) is 0 Å². The molecular weight excluding hydrogens is 326 g/mol. The molecule has 1 aromatic heterocycles. The number of carbonyl (C=O) groups is 1. The predicted molar refractivity (Wildman–Crippen MR) is 99.0 cm³/mol. The van der Waals surface area contributed by atoms with Gasteiger partial charge in [0.2, 0.25) is 0 Å². The number of anilines is 1. The van der Waals surface area contributed by atoms with Crippen LogP contribution in [-0.4, -0.2) is 11.0 Å². The molecule has 6 heteroatoms. The van der Waals surface area contributed by atoms with Crippen molar-refractivity contribution in [3.63, 3.8) is 0 Å². The summed E-state index contributed by atoms with van der Waals surface area (Å²) in [7, 11) is 0. The number of hydrogen-bond acceptors (Lipinski definition) is 3. The van der Waals surface area contributed by atoms with Crippen molar-refractivity contribution in [3.05, 3.63) is 51.2 Å². The third-order valence-electron chi connectivity index (χ3n) is 3.85. The summed E-state index contributed by atoms with van der Waals surface area (Å²) in [5.74, 6) is -0.143. The van der Waals surface area contributed by atoms with Crippen LogP contribution in [0.5, 0.6) is 0 Å². The third-order valence-corrected chi connectivity index (χ3v) is 5.29. The lowest BCUT2D eigenvalue weighted by Crippen LogP contribution is -2.43. The molecule has 1 aliphatic carbocycles. The predicted octanol–water partition coefficient (Wildman–Crippen LogP) is 3.43. The monoisotopic (exact) mass is 345 g/mol. The Morgan fingerprint density at radius 2 is 2.13 bits per heavy atom. The summed E-state index contributed by atoms with van der Waals surface area (Å²) in [6.07, 6.45) is 4.34. The highest BCUT2D eigenvalue weighted by Crippen LogP contribution is 2.30. The number of fused-ring (bicyclic) bond motifs is 1. The van der Waals surface area contributed by atoms with Gasteiger partial charge in [-0.1, -0.05) is 19.1 Å². The van der Waals surface area contributed by atoms with Crippen molar-refractivity contribution in [3.8, 4) is 0 Å². The van der Waals surface area contributed by atoms with Crippen molar-refractivity contribution in [2.24, 2.45) is 0 Å². The first kappa shape index (κ1) is 16.0. The molecule has 1 amide bonds. The minimum Gasteiger partial charge on any atom is -0.331 e. The van der Waals surface area contributed by atoms with Crippen LogP contribution in [-0.2, 0) is 19.3 Å². The maximum Gasteiger partial charge on any atom is 0.279 e. The number of thiophene rings is 1. The van der Waals surface area contributed by atoms with Crippen LogP contribution in [0.15, 0.2) is 30.3 Å². The lowest BCUT2D eigenvalue weighted by molar-refractivity contribution is 0.0948. The van der Waals surface area contributed by atoms with E-state index in [-0.39, 0.29) is 5.91 Å². The lowest BCUT2D eigenvalue weighted by atomic mass is 10.1. The van der Waals surface area contributed by atoms with Crippen LogP contribution in [0.4, 0.5) is 5.69 Å². The second kappa shape index (κ2) is 7.10. The maximum atomic E-state index is 12.2. The molecule has 2 aromatic rings. The molecule has 0 atom stereocenters. The van der Waals surface area contributed by atoms with Crippen LogP contribution in [0.3, 0.4) is 0 Å². The SMILES string of the molecule is CCc1cccc(NC(=S)NNC(=O)c2cc3c(s2)CCC3)c1. The van der Waals surface area contributed by atoms with Gasteiger partial charge in [0.05, 0.1) is 4.88 Å². The molecule has 1 heterocycles. The number of amides is 1. The molecule has 3 N–H and O–H groups in total. The van der Waals surface area contributed by atoms with Gasteiger partial charge in [0, 0.05) is 10.6 Å². The van der Waals surface area contributed by atoms with Gasteiger partial charge < -0.3 is 5.32 Å². The van der Waals surface area contributed by atoms with Crippen LogP contribution >= 0.6 is 23.6 Å². The summed E-state index contributed by atoms with van der Waals surface area (Å²) >= 11 is 6.79. The molecule has 23 heavy (non-hydrogen) atoms. The summed E-state index contributed by atoms with van der Waals surface area (Å²) in [6, 6.07) is 10.0. The standard InChI is InChI=1S/C17H19N3OS2/c1-2-11-5-3-7-13(9-11)18-17(22)20-19-16(21)15-10-12-6-4-8-14(12)23-15/h3,5,7,9-10H,2,4,6,8H2,1H3,(H,19,21)(H2,18,20,22). The number of nitrogens with one attached hydrogen (secondary N) is 3. The highest BCUT2D eigenvalue weighted by atomic mass is 32.1. The Labute approximate surface area is 145 Å². The number of aryl methyl sites for hydroxylation is 3. The zero-order valence-electron chi connectivity index (χ0n) is 12.9. The van der Waals surface area contributed by atoms with Gasteiger partial charge in [0.25, 0.3) is 5.91 Å². The number of rotatable bonds is 3. The van der Waals surface area contributed by atoms with E-state index in [9.17, 15) is 4.79 Å². The molecule has 120 valence electrons. The molecule has 0 saturated heterocycles. The molecule has 3 rings (SSSR count). The van der Waals surface area contributed by atoms with Crippen molar-refractivity contribution < 1.29 is 4.79 Å². The Hall–Kier alpha value is -1.92. The zero-order chi connectivity index (χ0) is 16.2. The van der Waals surface area contributed by atoms with Crippen molar-refractivity contribution in [1.82, 2.24) is 10.9 Å². The Bertz CT molecular complexity index is 718. The molecule has 0 fully saturated rings. The molecule has 0 bridgehead atoms. The lowest BCUT2D eigenvalue weighted by Gasteiger charge is -2.11. The number of benzene rings is 1. The van der Waals surface area contributed by atoms with Gasteiger partial charge in [-0.05, 0) is 67.2 Å². The van der Waals surface area contributed by atoms with E-state index in [1.54, 1.807) is 11.3 Å². The van der Waals surface area contributed by atoms with E-state index in [2.05, 4.69) is 29.2 Å². The second-order valence-corrected chi connectivity index (χ2v) is 7.04. The molecule has 1 aromatic carbocycles. The summed E-state index contributed by atoms with van der Waals surface area (Å²) in [5, 5.41) is 3.44. The average Bonchev–Trinajstić information content (AvgIpc) is 3.14. The van der Waals surface area contributed by atoms with Crippen molar-refractivity contribution in [2.45, 2.75) is 32.6 Å². The van der Waals surface area contributed by atoms with Gasteiger partial charge in [0.1, 0.15) is 0 Å². The van der Waals surface area contributed by atoms with Gasteiger partial charge in [-0.15, -0.1) is 11.3 Å². The topological polar surface area (TPSA) is 53.2 Å². The van der Waals surface area contributed by atoms with E-state index in [0.717, 1.165) is 29.8 Å². The molecule has 0 spiro atoms. The van der Waals surface area contributed by atoms with Crippen LogP contribution in [0.1, 0.15) is 39.0 Å². The number of thiocarbonyl (C=S) groups is 1. The van der Waals surface area contributed by atoms with E-state index >= 15 is 0 Å². The summed E-state index contributed by atoms with van der Waals surface area (Å²) in [5.41, 5.74) is 8.87. The van der Waals surface area contributed by atoms with Gasteiger partial charge in [-0.2, -0.15) is 0 Å². The van der Waals surface area contributed by atoms with Crippen LogP contribution in [0.25, 0.3) is 0 Å². The Kier molecular flexibility index (Phi) is 4.93. The first-order chi connectivity index (χ1) is 11.2. The Morgan fingerprint density at radius 1 is 1.26 bits per heavy atom. The second-order valence-electron chi connectivity index (χ2n) is 5.50. The minimum atomic E-state index is -0.143. The fourth-order valence-corrected chi connectivity index (χ4v) is 3.97. The van der Waals surface area contributed by atoms with E-state index in [1.165, 1.54) is 22.4 Å². The fraction of sp³-hybridized carbons (Fsp3) is 0.294. The van der Waals surface area contributed by atoms with E-state index in [4.69, 9.17) is 12.2 Å².